The molecular weight excluding hydrogens is 140 g/mol. The van der Waals surface area contributed by atoms with Crippen molar-refractivity contribution in [1.29, 1.82) is 0 Å². The molecule has 0 aliphatic heterocycles. The zero-order chi connectivity index (χ0) is 10.3. The highest BCUT2D eigenvalue weighted by molar-refractivity contribution is 5.70. The van der Waals surface area contributed by atoms with E-state index >= 15 is 0 Å². The predicted octanol–water partition coefficient (Wildman–Crippen LogP) is 2.30. The quantitative estimate of drug-likeness (QED) is 0.453. The second kappa shape index (κ2) is 7.32. The lowest BCUT2D eigenvalue weighted by molar-refractivity contribution is -0.139. The summed E-state index contributed by atoms with van der Waals surface area (Å²) < 4.78 is 19.1. The molecule has 0 spiro atoms. The van der Waals surface area contributed by atoms with Crippen LogP contribution in [0.15, 0.2) is 12.2 Å². The van der Waals surface area contributed by atoms with Crippen LogP contribution < -0.4 is 0 Å². The topological polar surface area (TPSA) is 26.3 Å². The molecule has 0 aliphatic rings. The number of carbonyl (C=O) groups is 1. The molecule has 11 heavy (non-hydrogen) atoms. The largest absolute Gasteiger partial charge is 0.469 e. The molecule has 0 bridgehead atoms. The van der Waals surface area contributed by atoms with E-state index in [4.69, 9.17) is 2.74 Å². The molecule has 0 aromatic carbocycles. The first-order chi connectivity index (χ1) is 6.11. The number of allylic oxidation sites excluding steroid dienone is 1. The molecule has 0 aliphatic carbocycles. The van der Waals surface area contributed by atoms with Crippen LogP contribution in [0.2, 0.25) is 0 Å². The summed E-state index contributed by atoms with van der Waals surface area (Å²) in [5.41, 5.74) is 0. The van der Waals surface area contributed by atoms with Crippen molar-refractivity contribution in [1.82, 2.24) is 0 Å². The Morgan fingerprint density at radius 1 is 1.64 bits per heavy atom. The van der Waals surface area contributed by atoms with E-state index < -0.39 is 12.4 Å². The summed E-state index contributed by atoms with van der Waals surface area (Å²) in [5, 5.41) is 0. The van der Waals surface area contributed by atoms with Crippen LogP contribution in [-0.2, 0) is 9.53 Å². The van der Waals surface area contributed by atoms with Crippen LogP contribution in [0.1, 0.15) is 35.3 Å². The molecule has 0 saturated heterocycles. The Labute approximate surface area is 71.1 Å². The lowest BCUT2D eigenvalue weighted by atomic mass is 10.2. The van der Waals surface area contributed by atoms with Crippen molar-refractivity contribution < 1.29 is 12.3 Å². The van der Waals surface area contributed by atoms with Crippen molar-refractivity contribution in [2.75, 3.05) is 7.11 Å². The number of ether oxygens (including phenoxy) is 1. The molecule has 64 valence electrons. The fourth-order valence-electron chi connectivity index (χ4n) is 0.544. The molecule has 0 N–H and O–H groups in total. The minimum atomic E-state index is -0.991. The van der Waals surface area contributed by atoms with E-state index in [0.29, 0.717) is 0 Å². The maximum atomic E-state index is 10.8. The van der Waals surface area contributed by atoms with Gasteiger partial charge in [0.1, 0.15) is 0 Å². The highest BCUT2D eigenvalue weighted by Gasteiger charge is 1.92. The van der Waals surface area contributed by atoms with Crippen LogP contribution >= 0.6 is 0 Å². The lowest BCUT2D eigenvalue weighted by Crippen LogP contribution is -1.96. The number of hydrogen-bond acceptors (Lipinski definition) is 2. The van der Waals surface area contributed by atoms with Gasteiger partial charge < -0.3 is 4.74 Å². The van der Waals surface area contributed by atoms with Gasteiger partial charge in [0, 0.05) is 2.74 Å². The maximum Gasteiger partial charge on any atom is 0.309 e. The van der Waals surface area contributed by atoms with Crippen molar-refractivity contribution in [2.45, 2.75) is 32.6 Å². The van der Waals surface area contributed by atoms with Crippen molar-refractivity contribution in [3.05, 3.63) is 12.2 Å². The summed E-state index contributed by atoms with van der Waals surface area (Å²) in [7, 11) is 1.25. The second-order valence-electron chi connectivity index (χ2n) is 2.10. The van der Waals surface area contributed by atoms with Crippen LogP contribution in [0.5, 0.6) is 0 Å². The fraction of sp³-hybridized carbons (Fsp3) is 0.667. The van der Waals surface area contributed by atoms with Crippen LogP contribution in [0.25, 0.3) is 0 Å². The van der Waals surface area contributed by atoms with E-state index in [9.17, 15) is 4.79 Å². The van der Waals surface area contributed by atoms with E-state index in [1.807, 2.05) is 6.92 Å². The second-order valence-corrected chi connectivity index (χ2v) is 2.10. The first-order valence-corrected chi connectivity index (χ1v) is 3.72. The third kappa shape index (κ3) is 7.10. The number of carbonyl (C=O) groups excluding carboxylic acids is 1. The molecule has 0 saturated carbocycles. The molecule has 0 heterocycles. The van der Waals surface area contributed by atoms with Gasteiger partial charge in [0.2, 0.25) is 0 Å². The summed E-state index contributed by atoms with van der Waals surface area (Å²) in [6, 6.07) is 0. The standard InChI is InChI=1S/C9H16O2/c1-3-4-5-6-7-8-9(10)11-2/h6-7H,3-5,8H2,1-2H3/b7-6+/i5D,8D. The third-order valence-electron chi connectivity index (χ3n) is 1.14. The monoisotopic (exact) mass is 158 g/mol. The van der Waals surface area contributed by atoms with Crippen LogP contribution in [0.3, 0.4) is 0 Å². The Kier molecular flexibility index (Phi) is 4.59. The summed E-state index contributed by atoms with van der Waals surface area (Å²) in [5.74, 6) is -0.583. The van der Waals surface area contributed by atoms with Crippen molar-refractivity contribution in [2.24, 2.45) is 0 Å². The van der Waals surface area contributed by atoms with Crippen LogP contribution in [-0.4, -0.2) is 13.1 Å². The molecule has 2 unspecified atom stereocenters. The average Bonchev–Trinajstić information content (AvgIpc) is 2.13. The molecule has 0 fully saturated rings. The molecule has 2 nitrogen and oxygen atoms in total. The molecule has 0 radical (unpaired) electrons. The first-order valence-electron chi connectivity index (χ1n) is 4.88. The molecule has 0 aromatic heterocycles. The minimum absolute atomic E-state index is 0.317. The van der Waals surface area contributed by atoms with Crippen LogP contribution in [0.4, 0.5) is 0 Å². The van der Waals surface area contributed by atoms with Crippen molar-refractivity contribution in [3.8, 4) is 0 Å². The number of hydrogen-bond donors (Lipinski definition) is 0. The van der Waals surface area contributed by atoms with E-state index in [1.54, 1.807) is 6.08 Å². The summed E-state index contributed by atoms with van der Waals surface area (Å²) in [6.07, 6.45) is 3.35. The lowest BCUT2D eigenvalue weighted by Gasteiger charge is -1.91. The average molecular weight is 158 g/mol. The SMILES string of the molecule is [2H]C(/C=C/C([2H])C(=O)OC)CCC. The van der Waals surface area contributed by atoms with Crippen LogP contribution in [0, 0.1) is 0 Å². The van der Waals surface area contributed by atoms with Gasteiger partial charge in [-0.2, -0.15) is 0 Å². The van der Waals surface area contributed by atoms with Gasteiger partial charge in [-0.1, -0.05) is 31.9 Å². The molecular formula is C9H16O2. The summed E-state index contributed by atoms with van der Waals surface area (Å²) in [4.78, 5) is 10.8. The van der Waals surface area contributed by atoms with Gasteiger partial charge in [-0.25, -0.2) is 0 Å². The zero-order valence-electron chi connectivity index (χ0n) is 9.04. The Hall–Kier alpha value is -0.790. The van der Waals surface area contributed by atoms with Gasteiger partial charge in [0.15, 0.2) is 0 Å². The highest BCUT2D eigenvalue weighted by Crippen LogP contribution is 1.96. The summed E-state index contributed by atoms with van der Waals surface area (Å²) in [6.45, 7) is 1.99. The summed E-state index contributed by atoms with van der Waals surface area (Å²) >= 11 is 0. The fourth-order valence-corrected chi connectivity index (χ4v) is 0.544. The molecule has 0 amide bonds. The third-order valence-corrected chi connectivity index (χ3v) is 1.14. The van der Waals surface area contributed by atoms with Gasteiger partial charge in [0.05, 0.1) is 13.5 Å². The Morgan fingerprint density at radius 2 is 2.36 bits per heavy atom. The molecule has 0 aromatic rings. The normalized spacial score (nSPS) is 18.7. The van der Waals surface area contributed by atoms with Gasteiger partial charge in [-0.3, -0.25) is 4.79 Å². The minimum Gasteiger partial charge on any atom is -0.469 e. The van der Waals surface area contributed by atoms with Gasteiger partial charge in [-0.15, -0.1) is 0 Å². The number of rotatable bonds is 5. The Balaban J connectivity index is 3.88. The Bertz CT molecular complexity index is 180. The molecule has 2 heteroatoms. The van der Waals surface area contributed by atoms with E-state index in [1.165, 1.54) is 13.2 Å². The zero-order valence-corrected chi connectivity index (χ0v) is 7.04. The molecule has 0 rings (SSSR count). The van der Waals surface area contributed by atoms with Gasteiger partial charge in [-0.05, 0) is 6.40 Å². The van der Waals surface area contributed by atoms with Gasteiger partial charge >= 0.3 is 5.97 Å². The highest BCUT2D eigenvalue weighted by atomic mass is 16.5. The van der Waals surface area contributed by atoms with E-state index in [0.717, 1.165) is 12.8 Å². The predicted molar refractivity (Wildman–Crippen MR) is 45.3 cm³/mol. The Morgan fingerprint density at radius 3 is 2.91 bits per heavy atom. The van der Waals surface area contributed by atoms with Crippen molar-refractivity contribution >= 4 is 5.97 Å². The number of methoxy groups -OCH3 is 1. The van der Waals surface area contributed by atoms with Gasteiger partial charge in [0.25, 0.3) is 0 Å². The van der Waals surface area contributed by atoms with E-state index in [2.05, 4.69) is 4.74 Å². The maximum absolute atomic E-state index is 10.8. The van der Waals surface area contributed by atoms with E-state index in [-0.39, 0.29) is 6.40 Å². The molecule has 2 atom stereocenters. The first kappa shape index (κ1) is 6.89. The smallest absolute Gasteiger partial charge is 0.309 e. The van der Waals surface area contributed by atoms with Crippen molar-refractivity contribution in [3.63, 3.8) is 0 Å². The number of esters is 1.